The maximum absolute atomic E-state index is 5.36. The number of halogens is 1. The Morgan fingerprint density at radius 3 is 2.60 bits per heavy atom. The van der Waals surface area contributed by atoms with Crippen LogP contribution in [-0.4, -0.2) is 16.0 Å². The number of benzene rings is 1. The lowest BCUT2D eigenvalue weighted by atomic mass is 10.2. The highest BCUT2D eigenvalue weighted by Crippen LogP contribution is 2.25. The van der Waals surface area contributed by atoms with Gasteiger partial charge >= 0.3 is 0 Å². The van der Waals surface area contributed by atoms with Crippen molar-refractivity contribution in [2.75, 3.05) is 6.61 Å². The first-order valence-corrected chi connectivity index (χ1v) is 6.08. The third-order valence-electron chi connectivity index (χ3n) is 1.81. The van der Waals surface area contributed by atoms with E-state index in [1.54, 1.807) is 0 Å². The van der Waals surface area contributed by atoms with E-state index < -0.39 is 0 Å². The molecule has 0 aliphatic carbocycles. The molecule has 0 fully saturated rings. The van der Waals surface area contributed by atoms with E-state index in [2.05, 4.69) is 25.3 Å². The van der Waals surface area contributed by atoms with Gasteiger partial charge in [0.2, 0.25) is 4.73 Å². The summed E-state index contributed by atoms with van der Waals surface area (Å²) in [7, 11) is 0. The molecule has 3 nitrogen and oxygen atoms in total. The predicted molar refractivity (Wildman–Crippen MR) is 64.2 cm³/mol. The Kier molecular flexibility index (Phi) is 3.33. The molecule has 0 aliphatic rings. The summed E-state index contributed by atoms with van der Waals surface area (Å²) in [6.45, 7) is 2.65. The van der Waals surface area contributed by atoms with Crippen LogP contribution in [0.15, 0.2) is 29.0 Å². The molecule has 15 heavy (non-hydrogen) atoms. The van der Waals surface area contributed by atoms with E-state index in [0.29, 0.717) is 11.3 Å². The lowest BCUT2D eigenvalue weighted by molar-refractivity contribution is 0.340. The van der Waals surface area contributed by atoms with Crippen molar-refractivity contribution in [1.82, 2.24) is 9.36 Å². The molecule has 0 aliphatic heterocycles. The first-order chi connectivity index (χ1) is 7.29. The molecule has 0 unspecified atom stereocenters. The Morgan fingerprint density at radius 2 is 2.07 bits per heavy atom. The minimum Gasteiger partial charge on any atom is -0.494 e. The van der Waals surface area contributed by atoms with Gasteiger partial charge in [-0.25, -0.2) is 4.98 Å². The van der Waals surface area contributed by atoms with Crippen LogP contribution in [0.2, 0.25) is 0 Å². The minimum atomic E-state index is 0.636. The second-order valence-corrected chi connectivity index (χ2v) is 4.29. The summed E-state index contributed by atoms with van der Waals surface area (Å²) in [4.78, 5) is 4.24. The van der Waals surface area contributed by atoms with Crippen LogP contribution < -0.4 is 4.74 Å². The SMILES string of the molecule is CCOc1ccc(-c2nc(Br)ns2)cc1. The zero-order valence-electron chi connectivity index (χ0n) is 8.11. The van der Waals surface area contributed by atoms with Crippen molar-refractivity contribution in [3.05, 3.63) is 29.0 Å². The molecule has 0 N–H and O–H groups in total. The molecule has 0 bridgehead atoms. The smallest absolute Gasteiger partial charge is 0.209 e. The number of ether oxygens (including phenoxy) is 1. The maximum Gasteiger partial charge on any atom is 0.209 e. The summed E-state index contributed by atoms with van der Waals surface area (Å²) < 4.78 is 10.1. The summed E-state index contributed by atoms with van der Waals surface area (Å²) >= 11 is 4.61. The van der Waals surface area contributed by atoms with Crippen molar-refractivity contribution in [1.29, 1.82) is 0 Å². The van der Waals surface area contributed by atoms with Crippen LogP contribution in [0.25, 0.3) is 10.6 Å². The van der Waals surface area contributed by atoms with Crippen molar-refractivity contribution >= 4 is 27.5 Å². The minimum absolute atomic E-state index is 0.636. The monoisotopic (exact) mass is 284 g/mol. The van der Waals surface area contributed by atoms with Crippen LogP contribution in [0, 0.1) is 0 Å². The second kappa shape index (κ2) is 4.72. The lowest BCUT2D eigenvalue weighted by Crippen LogP contribution is -1.90. The van der Waals surface area contributed by atoms with Gasteiger partial charge in [0.1, 0.15) is 10.8 Å². The predicted octanol–water partition coefficient (Wildman–Crippen LogP) is 3.37. The Morgan fingerprint density at radius 1 is 1.33 bits per heavy atom. The van der Waals surface area contributed by atoms with Crippen LogP contribution in [0.4, 0.5) is 0 Å². The average molecular weight is 285 g/mol. The summed E-state index contributed by atoms with van der Waals surface area (Å²) in [6.07, 6.45) is 0. The fourth-order valence-corrected chi connectivity index (χ4v) is 2.27. The third-order valence-corrected chi connectivity index (χ3v) is 3.17. The molecule has 0 spiro atoms. The highest BCUT2D eigenvalue weighted by atomic mass is 79.9. The molecule has 78 valence electrons. The van der Waals surface area contributed by atoms with Gasteiger partial charge in [0, 0.05) is 5.56 Å². The topological polar surface area (TPSA) is 35.0 Å². The largest absolute Gasteiger partial charge is 0.494 e. The summed E-state index contributed by atoms with van der Waals surface area (Å²) in [6, 6.07) is 7.85. The quantitative estimate of drug-likeness (QED) is 0.867. The van der Waals surface area contributed by atoms with Crippen LogP contribution in [0.5, 0.6) is 5.75 Å². The first-order valence-electron chi connectivity index (χ1n) is 4.52. The Hall–Kier alpha value is -0.940. The van der Waals surface area contributed by atoms with E-state index >= 15 is 0 Å². The summed E-state index contributed by atoms with van der Waals surface area (Å²) in [5.41, 5.74) is 1.06. The number of hydrogen-bond acceptors (Lipinski definition) is 4. The Bertz CT molecular complexity index is 441. The number of aromatic nitrogens is 2. The van der Waals surface area contributed by atoms with Gasteiger partial charge in [-0.3, -0.25) is 0 Å². The fraction of sp³-hybridized carbons (Fsp3) is 0.200. The van der Waals surface area contributed by atoms with Crippen molar-refractivity contribution < 1.29 is 4.74 Å². The van der Waals surface area contributed by atoms with Crippen LogP contribution in [-0.2, 0) is 0 Å². The summed E-state index contributed by atoms with van der Waals surface area (Å²) in [5, 5.41) is 0.907. The van der Waals surface area contributed by atoms with E-state index in [1.165, 1.54) is 11.5 Å². The standard InChI is InChI=1S/C10H9BrN2OS/c1-2-14-8-5-3-7(4-6-8)9-12-10(11)13-15-9/h3-6H,2H2,1H3. The van der Waals surface area contributed by atoms with Crippen molar-refractivity contribution in [3.8, 4) is 16.3 Å². The Labute approximate surface area is 100 Å². The highest BCUT2D eigenvalue weighted by molar-refractivity contribution is 9.10. The van der Waals surface area contributed by atoms with Crippen LogP contribution in [0.1, 0.15) is 6.92 Å². The van der Waals surface area contributed by atoms with E-state index in [4.69, 9.17) is 4.74 Å². The molecule has 0 saturated heterocycles. The molecule has 0 saturated carbocycles. The Balaban J connectivity index is 2.23. The van der Waals surface area contributed by atoms with Crippen LogP contribution >= 0.6 is 27.5 Å². The van der Waals surface area contributed by atoms with Gasteiger partial charge < -0.3 is 4.74 Å². The molecule has 2 rings (SSSR count). The summed E-state index contributed by atoms with van der Waals surface area (Å²) in [5.74, 6) is 0.879. The van der Waals surface area contributed by atoms with E-state index in [1.807, 2.05) is 31.2 Å². The average Bonchev–Trinajstić information content (AvgIpc) is 2.67. The zero-order chi connectivity index (χ0) is 10.7. The highest BCUT2D eigenvalue weighted by Gasteiger charge is 2.04. The van der Waals surface area contributed by atoms with E-state index in [0.717, 1.165) is 16.3 Å². The van der Waals surface area contributed by atoms with Gasteiger partial charge in [0.05, 0.1) is 6.61 Å². The van der Waals surface area contributed by atoms with E-state index in [9.17, 15) is 0 Å². The van der Waals surface area contributed by atoms with Gasteiger partial charge in [0.15, 0.2) is 0 Å². The molecule has 1 aromatic carbocycles. The molecular weight excluding hydrogens is 276 g/mol. The zero-order valence-corrected chi connectivity index (χ0v) is 10.5. The first kappa shape index (κ1) is 10.6. The normalized spacial score (nSPS) is 10.3. The van der Waals surface area contributed by atoms with Gasteiger partial charge in [-0.15, -0.1) is 0 Å². The van der Waals surface area contributed by atoms with Gasteiger partial charge in [0.25, 0.3) is 0 Å². The molecule has 0 amide bonds. The number of nitrogens with zero attached hydrogens (tertiary/aromatic N) is 2. The molecule has 1 aromatic heterocycles. The molecule has 1 heterocycles. The number of hydrogen-bond donors (Lipinski definition) is 0. The lowest BCUT2D eigenvalue weighted by Gasteiger charge is -2.02. The third kappa shape index (κ3) is 2.54. The number of rotatable bonds is 3. The molecular formula is C10H9BrN2OS. The molecule has 0 atom stereocenters. The second-order valence-electron chi connectivity index (χ2n) is 2.83. The molecule has 5 heteroatoms. The van der Waals surface area contributed by atoms with Gasteiger partial charge in [-0.05, 0) is 58.7 Å². The van der Waals surface area contributed by atoms with E-state index in [-0.39, 0.29) is 0 Å². The van der Waals surface area contributed by atoms with Gasteiger partial charge in [-0.1, -0.05) is 0 Å². The molecule has 0 radical (unpaired) electrons. The fourth-order valence-electron chi connectivity index (χ4n) is 1.18. The maximum atomic E-state index is 5.36. The van der Waals surface area contributed by atoms with Crippen molar-refractivity contribution in [2.45, 2.75) is 6.92 Å². The van der Waals surface area contributed by atoms with Crippen LogP contribution in [0.3, 0.4) is 0 Å². The molecule has 2 aromatic rings. The van der Waals surface area contributed by atoms with Crippen molar-refractivity contribution in [2.24, 2.45) is 0 Å². The van der Waals surface area contributed by atoms with Gasteiger partial charge in [-0.2, -0.15) is 4.37 Å². The van der Waals surface area contributed by atoms with Crippen molar-refractivity contribution in [3.63, 3.8) is 0 Å².